The molecule has 0 saturated carbocycles. The van der Waals surface area contributed by atoms with Gasteiger partial charge in [0.25, 0.3) is 0 Å². The van der Waals surface area contributed by atoms with Crippen molar-refractivity contribution in [2.45, 2.75) is 12.6 Å². The summed E-state index contributed by atoms with van der Waals surface area (Å²) in [6, 6.07) is 15.1. The Hall–Kier alpha value is -2.22. The average Bonchev–Trinajstić information content (AvgIpc) is 2.49. The van der Waals surface area contributed by atoms with Crippen LogP contribution in [-0.4, -0.2) is 11.7 Å². The summed E-state index contributed by atoms with van der Waals surface area (Å²) in [6.45, 7) is 0.955. The first kappa shape index (κ1) is 14.2. The van der Waals surface area contributed by atoms with Crippen LogP contribution < -0.4 is 5.32 Å². The first-order valence-electron chi connectivity index (χ1n) is 6.32. The van der Waals surface area contributed by atoms with Crippen LogP contribution in [-0.2, 0) is 6.54 Å². The molecule has 2 aromatic rings. The third-order valence-corrected chi connectivity index (χ3v) is 3.00. The fraction of sp³-hybridized carbons (Fsp3) is 0.188. The molecule has 0 bridgehead atoms. The number of aliphatic hydroxyl groups is 1. The first-order chi connectivity index (χ1) is 9.69. The second kappa shape index (κ2) is 6.80. The average molecular weight is 270 g/mol. The van der Waals surface area contributed by atoms with Crippen molar-refractivity contribution < 1.29 is 9.50 Å². The minimum Gasteiger partial charge on any atom is -0.387 e. The Labute approximate surface area is 117 Å². The quantitative estimate of drug-likeness (QED) is 0.877. The van der Waals surface area contributed by atoms with Crippen LogP contribution in [0.3, 0.4) is 0 Å². The van der Waals surface area contributed by atoms with Crippen LogP contribution in [0.5, 0.6) is 0 Å². The molecule has 0 fully saturated rings. The maximum atomic E-state index is 12.7. The molecule has 0 aromatic heterocycles. The number of benzene rings is 2. The van der Waals surface area contributed by atoms with Gasteiger partial charge < -0.3 is 10.4 Å². The molecular weight excluding hydrogens is 255 g/mol. The minimum absolute atomic E-state index is 0.258. The molecule has 2 N–H and O–H groups in total. The summed E-state index contributed by atoms with van der Waals surface area (Å²) in [5, 5.41) is 21.8. The van der Waals surface area contributed by atoms with Crippen LogP contribution in [0, 0.1) is 17.1 Å². The van der Waals surface area contributed by atoms with E-state index < -0.39 is 6.10 Å². The summed E-state index contributed by atoms with van der Waals surface area (Å²) < 4.78 is 12.7. The van der Waals surface area contributed by atoms with Crippen molar-refractivity contribution in [3.05, 3.63) is 71.0 Å². The topological polar surface area (TPSA) is 56.0 Å². The number of nitriles is 1. The molecule has 20 heavy (non-hydrogen) atoms. The van der Waals surface area contributed by atoms with Crippen molar-refractivity contribution in [2.24, 2.45) is 0 Å². The Morgan fingerprint density at radius 1 is 1.10 bits per heavy atom. The van der Waals surface area contributed by atoms with Gasteiger partial charge in [-0.1, -0.05) is 24.3 Å². The predicted octanol–water partition coefficient (Wildman–Crippen LogP) is 2.52. The van der Waals surface area contributed by atoms with Crippen molar-refractivity contribution in [1.82, 2.24) is 5.32 Å². The van der Waals surface area contributed by atoms with Crippen LogP contribution in [0.4, 0.5) is 4.39 Å². The van der Waals surface area contributed by atoms with Crippen LogP contribution in [0.15, 0.2) is 48.5 Å². The standard InChI is InChI=1S/C16H15FN2O/c17-15-7-3-13(4-8-15)10-19-11-16(20)14-5-1-12(9-18)2-6-14/h1-8,16,19-20H,10-11H2. The normalized spacial score (nSPS) is 11.8. The van der Waals surface area contributed by atoms with Crippen molar-refractivity contribution in [2.75, 3.05) is 6.54 Å². The molecule has 0 radical (unpaired) electrons. The van der Waals surface area contributed by atoms with E-state index in [0.29, 0.717) is 18.7 Å². The zero-order valence-corrected chi connectivity index (χ0v) is 10.9. The van der Waals surface area contributed by atoms with E-state index in [2.05, 4.69) is 5.32 Å². The largest absolute Gasteiger partial charge is 0.387 e. The van der Waals surface area contributed by atoms with Gasteiger partial charge in [0.1, 0.15) is 5.82 Å². The fourth-order valence-electron chi connectivity index (χ4n) is 1.85. The Morgan fingerprint density at radius 2 is 1.75 bits per heavy atom. The van der Waals surface area contributed by atoms with Crippen LogP contribution in [0.2, 0.25) is 0 Å². The maximum absolute atomic E-state index is 12.7. The van der Waals surface area contributed by atoms with E-state index in [1.54, 1.807) is 36.4 Å². The highest BCUT2D eigenvalue weighted by atomic mass is 19.1. The molecule has 2 aromatic carbocycles. The SMILES string of the molecule is N#Cc1ccc(C(O)CNCc2ccc(F)cc2)cc1. The number of nitrogens with one attached hydrogen (secondary N) is 1. The van der Waals surface area contributed by atoms with Crippen LogP contribution in [0.1, 0.15) is 22.8 Å². The van der Waals surface area contributed by atoms with E-state index >= 15 is 0 Å². The van der Waals surface area contributed by atoms with Gasteiger partial charge in [0.05, 0.1) is 17.7 Å². The summed E-state index contributed by atoms with van der Waals surface area (Å²) in [4.78, 5) is 0. The van der Waals surface area contributed by atoms with E-state index in [1.807, 2.05) is 6.07 Å². The number of halogens is 1. The number of rotatable bonds is 5. The molecule has 3 nitrogen and oxygen atoms in total. The highest BCUT2D eigenvalue weighted by Crippen LogP contribution is 2.13. The zero-order chi connectivity index (χ0) is 14.4. The highest BCUT2D eigenvalue weighted by molar-refractivity contribution is 5.32. The molecule has 1 unspecified atom stereocenters. The molecule has 4 heteroatoms. The summed E-state index contributed by atoms with van der Waals surface area (Å²) in [5.41, 5.74) is 2.29. The Bertz CT molecular complexity index is 587. The predicted molar refractivity (Wildman–Crippen MR) is 74.2 cm³/mol. The summed E-state index contributed by atoms with van der Waals surface area (Å²) >= 11 is 0. The molecule has 0 spiro atoms. The first-order valence-corrected chi connectivity index (χ1v) is 6.32. The van der Waals surface area contributed by atoms with E-state index in [-0.39, 0.29) is 5.82 Å². The Balaban J connectivity index is 1.84. The lowest BCUT2D eigenvalue weighted by molar-refractivity contribution is 0.174. The fourth-order valence-corrected chi connectivity index (χ4v) is 1.85. The van der Waals surface area contributed by atoms with Crippen molar-refractivity contribution >= 4 is 0 Å². The molecule has 102 valence electrons. The maximum Gasteiger partial charge on any atom is 0.123 e. The molecular formula is C16H15FN2O. The van der Waals surface area contributed by atoms with Gasteiger partial charge in [0.15, 0.2) is 0 Å². The lowest BCUT2D eigenvalue weighted by atomic mass is 10.1. The monoisotopic (exact) mass is 270 g/mol. The number of nitrogens with zero attached hydrogens (tertiary/aromatic N) is 1. The van der Waals surface area contributed by atoms with Gasteiger partial charge in [0, 0.05) is 13.1 Å². The zero-order valence-electron chi connectivity index (χ0n) is 10.9. The second-order valence-corrected chi connectivity index (χ2v) is 4.51. The van der Waals surface area contributed by atoms with E-state index in [1.165, 1.54) is 12.1 Å². The van der Waals surface area contributed by atoms with Gasteiger partial charge in [-0.05, 0) is 35.4 Å². The molecule has 0 amide bonds. The summed E-state index contributed by atoms with van der Waals surface area (Å²) in [6.07, 6.45) is -0.636. The van der Waals surface area contributed by atoms with Gasteiger partial charge in [-0.2, -0.15) is 5.26 Å². The second-order valence-electron chi connectivity index (χ2n) is 4.51. The van der Waals surface area contributed by atoms with Gasteiger partial charge in [-0.25, -0.2) is 4.39 Å². The van der Waals surface area contributed by atoms with Gasteiger partial charge in [0.2, 0.25) is 0 Å². The summed E-state index contributed by atoms with van der Waals surface area (Å²) in [7, 11) is 0. The molecule has 0 aliphatic heterocycles. The Kier molecular flexibility index (Phi) is 4.83. The third kappa shape index (κ3) is 3.89. The number of hydrogen-bond donors (Lipinski definition) is 2. The van der Waals surface area contributed by atoms with E-state index in [9.17, 15) is 9.50 Å². The van der Waals surface area contributed by atoms with E-state index in [0.717, 1.165) is 11.1 Å². The van der Waals surface area contributed by atoms with Gasteiger partial charge in [-0.3, -0.25) is 0 Å². The smallest absolute Gasteiger partial charge is 0.123 e. The van der Waals surface area contributed by atoms with Gasteiger partial charge in [-0.15, -0.1) is 0 Å². The number of aliphatic hydroxyl groups excluding tert-OH is 1. The number of hydrogen-bond acceptors (Lipinski definition) is 3. The molecule has 0 saturated heterocycles. The highest BCUT2D eigenvalue weighted by Gasteiger charge is 2.06. The molecule has 0 aliphatic rings. The Morgan fingerprint density at radius 3 is 2.35 bits per heavy atom. The van der Waals surface area contributed by atoms with Crippen molar-refractivity contribution in [3.8, 4) is 6.07 Å². The van der Waals surface area contributed by atoms with E-state index in [4.69, 9.17) is 5.26 Å². The van der Waals surface area contributed by atoms with Crippen LogP contribution in [0.25, 0.3) is 0 Å². The minimum atomic E-state index is -0.636. The lowest BCUT2D eigenvalue weighted by Gasteiger charge is -2.12. The lowest BCUT2D eigenvalue weighted by Crippen LogP contribution is -2.21. The molecule has 0 aliphatic carbocycles. The summed E-state index contributed by atoms with van der Waals surface area (Å²) in [5.74, 6) is -0.258. The van der Waals surface area contributed by atoms with Crippen molar-refractivity contribution in [3.63, 3.8) is 0 Å². The third-order valence-electron chi connectivity index (χ3n) is 3.00. The van der Waals surface area contributed by atoms with Crippen LogP contribution >= 0.6 is 0 Å². The molecule has 2 rings (SSSR count). The van der Waals surface area contributed by atoms with Crippen molar-refractivity contribution in [1.29, 1.82) is 5.26 Å². The molecule has 1 atom stereocenters. The van der Waals surface area contributed by atoms with Gasteiger partial charge >= 0.3 is 0 Å². The molecule has 0 heterocycles.